The molecule has 0 unspecified atom stereocenters. The zero-order chi connectivity index (χ0) is 18.0. The van der Waals surface area contributed by atoms with Crippen LogP contribution in [0.4, 0.5) is 13.2 Å². The number of nitrogens with zero attached hydrogens (tertiary/aromatic N) is 3. The number of thiazole rings is 1. The van der Waals surface area contributed by atoms with E-state index in [-0.39, 0.29) is 12.2 Å². The molecule has 0 aliphatic heterocycles. The van der Waals surface area contributed by atoms with Gasteiger partial charge < -0.3 is 4.57 Å². The fourth-order valence-electron chi connectivity index (χ4n) is 2.46. The first-order chi connectivity index (χ1) is 11.9. The van der Waals surface area contributed by atoms with Gasteiger partial charge in [0.1, 0.15) is 11.6 Å². The summed E-state index contributed by atoms with van der Waals surface area (Å²) in [6.45, 7) is -0.0145. The Balaban J connectivity index is 2.32. The first-order valence-electron chi connectivity index (χ1n) is 7.09. The summed E-state index contributed by atoms with van der Waals surface area (Å²) in [6.07, 6.45) is -4.80. The highest BCUT2D eigenvalue weighted by Crippen LogP contribution is 2.33. The molecule has 0 spiro atoms. The zero-order valence-electron chi connectivity index (χ0n) is 12.6. The van der Waals surface area contributed by atoms with E-state index in [2.05, 4.69) is 4.98 Å². The maximum absolute atomic E-state index is 13.3. The number of hydrogen-bond donors (Lipinski definition) is 0. The summed E-state index contributed by atoms with van der Waals surface area (Å²) >= 11 is 1.31. The highest BCUT2D eigenvalue weighted by molar-refractivity contribution is 7.07. The number of halogens is 3. The summed E-state index contributed by atoms with van der Waals surface area (Å²) in [5.41, 5.74) is -0.486. The second-order valence-corrected chi connectivity index (χ2v) is 5.88. The van der Waals surface area contributed by atoms with Gasteiger partial charge in [-0.05, 0) is 11.6 Å². The first kappa shape index (κ1) is 16.9. The molecule has 0 aliphatic carbocycles. The van der Waals surface area contributed by atoms with Crippen LogP contribution >= 0.6 is 11.3 Å². The summed E-state index contributed by atoms with van der Waals surface area (Å²) in [5, 5.41) is 10.8. The van der Waals surface area contributed by atoms with Crippen LogP contribution in [0.25, 0.3) is 11.3 Å². The van der Waals surface area contributed by atoms with Crippen molar-refractivity contribution in [2.24, 2.45) is 0 Å². The summed E-state index contributed by atoms with van der Waals surface area (Å²) in [6, 6.07) is 10.5. The van der Waals surface area contributed by atoms with Gasteiger partial charge in [-0.15, -0.1) is 11.3 Å². The Bertz CT molecular complexity index is 987. The molecule has 126 valence electrons. The third kappa shape index (κ3) is 3.32. The molecular formula is C17H10F3N3OS. The number of aromatic nitrogens is 2. The Morgan fingerprint density at radius 1 is 1.24 bits per heavy atom. The van der Waals surface area contributed by atoms with Gasteiger partial charge in [-0.2, -0.15) is 18.4 Å². The lowest BCUT2D eigenvalue weighted by Crippen LogP contribution is -2.28. The van der Waals surface area contributed by atoms with Gasteiger partial charge >= 0.3 is 6.18 Å². The number of hydrogen-bond acceptors (Lipinski definition) is 4. The molecule has 0 atom stereocenters. The van der Waals surface area contributed by atoms with Crippen molar-refractivity contribution in [1.82, 2.24) is 9.55 Å². The van der Waals surface area contributed by atoms with Crippen LogP contribution in [0.5, 0.6) is 0 Å². The molecule has 3 rings (SSSR count). The molecule has 0 amide bonds. The Kier molecular flexibility index (Phi) is 4.42. The van der Waals surface area contributed by atoms with Gasteiger partial charge in [-0.1, -0.05) is 30.3 Å². The van der Waals surface area contributed by atoms with Gasteiger partial charge in [0.15, 0.2) is 0 Å². The molecule has 0 fully saturated rings. The fourth-order valence-corrected chi connectivity index (χ4v) is 3.01. The maximum Gasteiger partial charge on any atom is 0.417 e. The fraction of sp³-hybridized carbons (Fsp3) is 0.118. The van der Waals surface area contributed by atoms with Crippen molar-refractivity contribution in [2.45, 2.75) is 12.7 Å². The van der Waals surface area contributed by atoms with Crippen LogP contribution in [0.2, 0.25) is 0 Å². The summed E-state index contributed by atoms with van der Waals surface area (Å²) < 4.78 is 41.1. The van der Waals surface area contributed by atoms with Gasteiger partial charge in [0.2, 0.25) is 0 Å². The molecule has 2 heterocycles. The molecule has 0 bridgehead atoms. The Morgan fingerprint density at radius 3 is 2.52 bits per heavy atom. The second-order valence-electron chi connectivity index (χ2n) is 5.16. The van der Waals surface area contributed by atoms with Crippen molar-refractivity contribution in [1.29, 1.82) is 5.26 Å². The second kappa shape index (κ2) is 6.53. The van der Waals surface area contributed by atoms with Crippen molar-refractivity contribution in [3.8, 4) is 17.3 Å². The minimum absolute atomic E-state index is 0.0145. The van der Waals surface area contributed by atoms with E-state index in [1.165, 1.54) is 17.4 Å². The molecular weight excluding hydrogens is 351 g/mol. The quantitative estimate of drug-likeness (QED) is 0.711. The Labute approximate surface area is 144 Å². The topological polar surface area (TPSA) is 58.7 Å². The molecule has 0 aliphatic rings. The van der Waals surface area contributed by atoms with Crippen molar-refractivity contribution in [3.63, 3.8) is 0 Å². The molecule has 0 saturated heterocycles. The molecule has 25 heavy (non-hydrogen) atoms. The zero-order valence-corrected chi connectivity index (χ0v) is 13.4. The number of benzene rings is 1. The standard InChI is InChI=1S/C17H10F3N3OS/c18-17(19,20)14-6-15(11-4-2-1-3-5-11)23(16(24)13(14)7-21)8-12-9-25-10-22-12/h1-6,9-10H,8H2. The number of pyridine rings is 1. The molecule has 1 aromatic carbocycles. The lowest BCUT2D eigenvalue weighted by Gasteiger charge is -2.17. The molecule has 0 radical (unpaired) electrons. The summed E-state index contributed by atoms with van der Waals surface area (Å²) in [4.78, 5) is 16.7. The van der Waals surface area contributed by atoms with Gasteiger partial charge in [-0.25, -0.2) is 4.98 Å². The van der Waals surface area contributed by atoms with Crippen LogP contribution in [0.1, 0.15) is 16.8 Å². The van der Waals surface area contributed by atoms with E-state index in [0.29, 0.717) is 11.3 Å². The van der Waals surface area contributed by atoms with Crippen molar-refractivity contribution >= 4 is 11.3 Å². The Morgan fingerprint density at radius 2 is 1.96 bits per heavy atom. The molecule has 0 saturated carbocycles. The van der Waals surface area contributed by atoms with Crippen LogP contribution in [0.3, 0.4) is 0 Å². The van der Waals surface area contributed by atoms with Crippen LogP contribution in [-0.4, -0.2) is 9.55 Å². The number of nitriles is 1. The normalized spacial score (nSPS) is 11.3. The van der Waals surface area contributed by atoms with Crippen LogP contribution in [0.15, 0.2) is 52.1 Å². The summed E-state index contributed by atoms with van der Waals surface area (Å²) in [5.74, 6) is 0. The van der Waals surface area contributed by atoms with E-state index < -0.39 is 22.9 Å². The van der Waals surface area contributed by atoms with E-state index in [1.807, 2.05) is 0 Å². The first-order valence-corrected chi connectivity index (χ1v) is 8.03. The number of rotatable bonds is 3. The van der Waals surface area contributed by atoms with Gasteiger partial charge in [0.25, 0.3) is 5.56 Å². The third-order valence-electron chi connectivity index (χ3n) is 3.59. The molecule has 2 aromatic heterocycles. The molecule has 8 heteroatoms. The summed E-state index contributed by atoms with van der Waals surface area (Å²) in [7, 11) is 0. The minimum atomic E-state index is -4.80. The van der Waals surface area contributed by atoms with Gasteiger partial charge in [-0.3, -0.25) is 4.79 Å². The van der Waals surface area contributed by atoms with E-state index in [0.717, 1.165) is 10.6 Å². The van der Waals surface area contributed by atoms with E-state index in [1.54, 1.807) is 41.2 Å². The largest absolute Gasteiger partial charge is 0.417 e. The minimum Gasteiger partial charge on any atom is -0.301 e. The predicted octanol–water partition coefficient (Wildman–Crippen LogP) is 3.91. The lowest BCUT2D eigenvalue weighted by molar-refractivity contribution is -0.137. The van der Waals surface area contributed by atoms with E-state index in [9.17, 15) is 18.0 Å². The van der Waals surface area contributed by atoms with E-state index >= 15 is 0 Å². The lowest BCUT2D eigenvalue weighted by atomic mass is 10.0. The highest BCUT2D eigenvalue weighted by atomic mass is 32.1. The van der Waals surface area contributed by atoms with Crippen molar-refractivity contribution in [2.75, 3.05) is 0 Å². The monoisotopic (exact) mass is 361 g/mol. The maximum atomic E-state index is 13.3. The van der Waals surface area contributed by atoms with E-state index in [4.69, 9.17) is 5.26 Å². The average Bonchev–Trinajstić information content (AvgIpc) is 3.09. The predicted molar refractivity (Wildman–Crippen MR) is 87.1 cm³/mol. The van der Waals surface area contributed by atoms with Crippen LogP contribution < -0.4 is 5.56 Å². The van der Waals surface area contributed by atoms with Gasteiger partial charge in [0.05, 0.1) is 29.0 Å². The smallest absolute Gasteiger partial charge is 0.301 e. The van der Waals surface area contributed by atoms with Crippen molar-refractivity contribution in [3.05, 3.63) is 74.5 Å². The van der Waals surface area contributed by atoms with Crippen molar-refractivity contribution < 1.29 is 13.2 Å². The Hall–Kier alpha value is -2.92. The third-order valence-corrected chi connectivity index (χ3v) is 4.23. The highest BCUT2D eigenvalue weighted by Gasteiger charge is 2.36. The SMILES string of the molecule is N#Cc1c(C(F)(F)F)cc(-c2ccccc2)n(Cc2cscn2)c1=O. The van der Waals surface area contributed by atoms with Crippen LogP contribution in [0, 0.1) is 11.3 Å². The molecule has 3 aromatic rings. The molecule has 0 N–H and O–H groups in total. The average molecular weight is 361 g/mol. The van der Waals surface area contributed by atoms with Gasteiger partial charge in [0, 0.05) is 5.38 Å². The molecule has 4 nitrogen and oxygen atoms in total. The number of alkyl halides is 3. The van der Waals surface area contributed by atoms with Crippen LogP contribution in [-0.2, 0) is 12.7 Å².